The second-order valence-electron chi connectivity index (χ2n) is 6.68. The molecular formula is C22H25N5O4. The van der Waals surface area contributed by atoms with Gasteiger partial charge in [-0.05, 0) is 24.1 Å². The Labute approximate surface area is 180 Å². The molecule has 0 saturated heterocycles. The molecule has 3 rings (SSSR count). The molecule has 162 valence electrons. The van der Waals surface area contributed by atoms with Crippen molar-refractivity contribution < 1.29 is 19.1 Å². The van der Waals surface area contributed by atoms with Crippen LogP contribution in [0.2, 0.25) is 0 Å². The third kappa shape index (κ3) is 8.17. The fourth-order valence-corrected chi connectivity index (χ4v) is 2.71. The van der Waals surface area contributed by atoms with Crippen molar-refractivity contribution in [3.63, 3.8) is 0 Å². The van der Waals surface area contributed by atoms with Crippen LogP contribution in [0, 0.1) is 0 Å². The van der Waals surface area contributed by atoms with Crippen LogP contribution in [0.4, 0.5) is 10.5 Å². The number of amides is 2. The molecule has 0 radical (unpaired) electrons. The Morgan fingerprint density at radius 2 is 1.94 bits per heavy atom. The molecule has 2 amide bonds. The van der Waals surface area contributed by atoms with Crippen molar-refractivity contribution in [1.29, 1.82) is 0 Å². The highest BCUT2D eigenvalue weighted by Gasteiger charge is 2.06. The Morgan fingerprint density at radius 3 is 2.74 bits per heavy atom. The van der Waals surface area contributed by atoms with E-state index in [9.17, 15) is 9.59 Å². The number of ether oxygens (including phenoxy) is 2. The first kappa shape index (κ1) is 21.8. The molecule has 1 aromatic heterocycles. The molecule has 2 N–H and O–H groups in total. The second-order valence-corrected chi connectivity index (χ2v) is 6.68. The third-order valence-corrected chi connectivity index (χ3v) is 4.24. The van der Waals surface area contributed by atoms with Crippen LogP contribution in [0.3, 0.4) is 0 Å². The Balaban J connectivity index is 1.29. The highest BCUT2D eigenvalue weighted by atomic mass is 16.5. The number of benzene rings is 2. The van der Waals surface area contributed by atoms with Gasteiger partial charge < -0.3 is 20.1 Å². The smallest absolute Gasteiger partial charge is 0.407 e. The van der Waals surface area contributed by atoms with Crippen molar-refractivity contribution in [2.45, 2.75) is 26.0 Å². The van der Waals surface area contributed by atoms with Gasteiger partial charge in [-0.15, -0.1) is 0 Å². The van der Waals surface area contributed by atoms with Gasteiger partial charge in [0.25, 0.3) is 0 Å². The van der Waals surface area contributed by atoms with Gasteiger partial charge in [0, 0.05) is 24.7 Å². The fraction of sp³-hybridized carbons (Fsp3) is 0.273. The van der Waals surface area contributed by atoms with Crippen LogP contribution < -0.4 is 15.4 Å². The monoisotopic (exact) mass is 423 g/mol. The zero-order chi connectivity index (χ0) is 21.7. The quantitative estimate of drug-likeness (QED) is 0.459. The molecule has 0 fully saturated rings. The first-order valence-electron chi connectivity index (χ1n) is 9.99. The average molecular weight is 423 g/mol. The largest absolute Gasteiger partial charge is 0.492 e. The molecule has 0 saturated carbocycles. The van der Waals surface area contributed by atoms with Crippen molar-refractivity contribution in [1.82, 2.24) is 20.1 Å². The van der Waals surface area contributed by atoms with Gasteiger partial charge in [-0.1, -0.05) is 36.4 Å². The third-order valence-electron chi connectivity index (χ3n) is 4.24. The van der Waals surface area contributed by atoms with E-state index in [1.165, 1.54) is 6.33 Å². The Bertz CT molecular complexity index is 948. The molecule has 0 spiro atoms. The minimum Gasteiger partial charge on any atom is -0.492 e. The first-order chi connectivity index (χ1) is 15.2. The summed E-state index contributed by atoms with van der Waals surface area (Å²) < 4.78 is 12.5. The zero-order valence-electron chi connectivity index (χ0n) is 17.1. The number of hydrogen-bond acceptors (Lipinski definition) is 6. The maximum absolute atomic E-state index is 12.1. The van der Waals surface area contributed by atoms with Gasteiger partial charge in [-0.3, -0.25) is 4.79 Å². The van der Waals surface area contributed by atoms with Gasteiger partial charge in [0.05, 0.1) is 6.54 Å². The summed E-state index contributed by atoms with van der Waals surface area (Å²) in [5, 5.41) is 9.48. The van der Waals surface area contributed by atoms with Crippen molar-refractivity contribution in [3.05, 3.63) is 72.8 Å². The highest BCUT2D eigenvalue weighted by molar-refractivity contribution is 5.90. The number of nitrogens with one attached hydrogen (secondary N) is 2. The van der Waals surface area contributed by atoms with Crippen molar-refractivity contribution in [2.24, 2.45) is 0 Å². The Morgan fingerprint density at radius 1 is 1.06 bits per heavy atom. The van der Waals surface area contributed by atoms with E-state index in [0.717, 1.165) is 5.56 Å². The van der Waals surface area contributed by atoms with Crippen LogP contribution in [0.25, 0.3) is 0 Å². The lowest BCUT2D eigenvalue weighted by Crippen LogP contribution is -2.26. The van der Waals surface area contributed by atoms with E-state index in [1.54, 1.807) is 23.1 Å². The van der Waals surface area contributed by atoms with Crippen molar-refractivity contribution in [3.8, 4) is 5.75 Å². The van der Waals surface area contributed by atoms with Crippen LogP contribution in [0.5, 0.6) is 5.75 Å². The maximum atomic E-state index is 12.1. The number of carbonyl (C=O) groups is 2. The molecule has 31 heavy (non-hydrogen) atoms. The van der Waals surface area contributed by atoms with E-state index in [2.05, 4.69) is 20.7 Å². The van der Waals surface area contributed by atoms with E-state index in [4.69, 9.17) is 9.47 Å². The SMILES string of the molecule is O=C(CCCNC(=O)OCc1ccccc1)Nc1cccc(OCCn2cncn2)c1. The van der Waals surface area contributed by atoms with Crippen LogP contribution in [-0.2, 0) is 22.7 Å². The number of anilines is 1. The standard InChI is InChI=1S/C22H25N5O4/c28-21(10-5-11-24-22(29)31-15-18-6-2-1-3-7-18)26-19-8-4-9-20(14-19)30-13-12-27-17-23-16-25-27/h1-4,6-9,14,16-17H,5,10-13,15H2,(H,24,29)(H,26,28). The van der Waals surface area contributed by atoms with Gasteiger partial charge in [-0.25, -0.2) is 14.5 Å². The summed E-state index contributed by atoms with van der Waals surface area (Å²) in [6, 6.07) is 16.6. The van der Waals surface area contributed by atoms with Gasteiger partial charge in [0.2, 0.25) is 5.91 Å². The lowest BCUT2D eigenvalue weighted by Gasteiger charge is -2.10. The molecule has 3 aromatic rings. The summed E-state index contributed by atoms with van der Waals surface area (Å²) in [5.74, 6) is 0.514. The lowest BCUT2D eigenvalue weighted by atomic mass is 10.2. The molecule has 0 bridgehead atoms. The molecule has 0 aliphatic carbocycles. The molecule has 0 unspecified atom stereocenters. The molecule has 9 heteroatoms. The number of aromatic nitrogens is 3. The zero-order valence-corrected chi connectivity index (χ0v) is 17.1. The van der Waals surface area contributed by atoms with Crippen LogP contribution >= 0.6 is 0 Å². The second kappa shape index (κ2) is 12.0. The minimum atomic E-state index is -0.500. The van der Waals surface area contributed by atoms with Crippen LogP contribution in [0.15, 0.2) is 67.3 Å². The summed E-state index contributed by atoms with van der Waals surface area (Å²) in [6.45, 7) is 1.58. The molecular weight excluding hydrogens is 398 g/mol. The van der Waals surface area contributed by atoms with Gasteiger partial charge >= 0.3 is 6.09 Å². The van der Waals surface area contributed by atoms with Crippen molar-refractivity contribution >= 4 is 17.7 Å². The van der Waals surface area contributed by atoms with Gasteiger partial charge in [0.1, 0.15) is 31.6 Å². The number of rotatable bonds is 11. The van der Waals surface area contributed by atoms with E-state index in [-0.39, 0.29) is 18.9 Å². The lowest BCUT2D eigenvalue weighted by molar-refractivity contribution is -0.116. The van der Waals surface area contributed by atoms with Crippen LogP contribution in [-0.4, -0.2) is 39.9 Å². The maximum Gasteiger partial charge on any atom is 0.407 e. The van der Waals surface area contributed by atoms with Gasteiger partial charge in [0.15, 0.2) is 0 Å². The average Bonchev–Trinajstić information content (AvgIpc) is 3.30. The fourth-order valence-electron chi connectivity index (χ4n) is 2.71. The molecule has 0 atom stereocenters. The molecule has 0 aliphatic heterocycles. The van der Waals surface area contributed by atoms with Gasteiger partial charge in [-0.2, -0.15) is 5.10 Å². The predicted molar refractivity (Wildman–Crippen MR) is 114 cm³/mol. The minimum absolute atomic E-state index is 0.140. The molecule has 2 aromatic carbocycles. The summed E-state index contributed by atoms with van der Waals surface area (Å²) >= 11 is 0. The molecule has 1 heterocycles. The molecule has 9 nitrogen and oxygen atoms in total. The van der Waals surface area contributed by atoms with E-state index >= 15 is 0 Å². The first-order valence-corrected chi connectivity index (χ1v) is 9.99. The summed E-state index contributed by atoms with van der Waals surface area (Å²) in [6.07, 6.45) is 3.37. The molecule has 0 aliphatic rings. The highest BCUT2D eigenvalue weighted by Crippen LogP contribution is 2.17. The van der Waals surface area contributed by atoms with E-state index in [0.29, 0.717) is 37.6 Å². The normalized spacial score (nSPS) is 10.3. The number of carbonyl (C=O) groups excluding carboxylic acids is 2. The Kier molecular flexibility index (Phi) is 8.42. The number of alkyl carbamates (subject to hydrolysis) is 1. The number of nitrogens with zero attached hydrogens (tertiary/aromatic N) is 3. The number of hydrogen-bond donors (Lipinski definition) is 2. The summed E-state index contributed by atoms with van der Waals surface area (Å²) in [5.41, 5.74) is 1.57. The summed E-state index contributed by atoms with van der Waals surface area (Å²) in [7, 11) is 0. The van der Waals surface area contributed by atoms with E-state index < -0.39 is 6.09 Å². The van der Waals surface area contributed by atoms with Crippen molar-refractivity contribution in [2.75, 3.05) is 18.5 Å². The van der Waals surface area contributed by atoms with E-state index in [1.807, 2.05) is 42.5 Å². The van der Waals surface area contributed by atoms with Crippen LogP contribution in [0.1, 0.15) is 18.4 Å². The topological polar surface area (TPSA) is 107 Å². The Hall–Kier alpha value is -3.88. The summed E-state index contributed by atoms with van der Waals surface area (Å²) in [4.78, 5) is 27.7. The predicted octanol–water partition coefficient (Wildman–Crippen LogP) is 3.00.